The van der Waals surface area contributed by atoms with Crippen LogP contribution in [0.1, 0.15) is 11.3 Å². The molecule has 5 heteroatoms. The predicted octanol–water partition coefficient (Wildman–Crippen LogP) is 1.28. The molecule has 74 valence electrons. The van der Waals surface area contributed by atoms with E-state index in [1.54, 1.807) is 13.3 Å². The largest absolute Gasteiger partial charge is 0.385 e. The monoisotopic (exact) mass is 202 g/mol. The zero-order valence-electron chi connectivity index (χ0n) is 7.66. The first-order chi connectivity index (χ1) is 6.33. The van der Waals surface area contributed by atoms with Gasteiger partial charge in [-0.3, -0.25) is 0 Å². The van der Waals surface area contributed by atoms with Crippen LogP contribution < -0.4 is 5.73 Å². The van der Waals surface area contributed by atoms with E-state index in [0.717, 1.165) is 17.9 Å². The van der Waals surface area contributed by atoms with E-state index in [-0.39, 0.29) is 0 Å². The lowest BCUT2D eigenvalue weighted by Crippen LogP contribution is -1.98. The van der Waals surface area contributed by atoms with Gasteiger partial charge < -0.3 is 15.2 Å². The summed E-state index contributed by atoms with van der Waals surface area (Å²) in [4.78, 5) is 4.99. The number of methoxy groups -OCH3 is 1. The van der Waals surface area contributed by atoms with Crippen molar-refractivity contribution >= 4 is 16.5 Å². The Morgan fingerprint density at radius 3 is 3.00 bits per heavy atom. The zero-order chi connectivity index (χ0) is 9.52. The highest BCUT2D eigenvalue weighted by atomic mass is 32.1. The molecule has 2 N–H and O–H groups in total. The van der Waals surface area contributed by atoms with E-state index in [1.165, 1.54) is 11.3 Å². The third-order valence-electron chi connectivity index (χ3n) is 1.45. The molecule has 0 saturated carbocycles. The second kappa shape index (κ2) is 5.90. The first kappa shape index (κ1) is 10.4. The first-order valence-corrected chi connectivity index (χ1v) is 4.91. The number of nitrogen functional groups attached to an aromatic ring is 1. The fourth-order valence-electron chi connectivity index (χ4n) is 0.867. The van der Waals surface area contributed by atoms with Gasteiger partial charge in [-0.05, 0) is 6.42 Å². The van der Waals surface area contributed by atoms with Crippen molar-refractivity contribution in [2.45, 2.75) is 13.0 Å². The number of thiazole rings is 1. The number of rotatable bonds is 6. The van der Waals surface area contributed by atoms with Crippen LogP contribution in [0.4, 0.5) is 5.13 Å². The van der Waals surface area contributed by atoms with Crippen LogP contribution in [0.15, 0.2) is 6.20 Å². The highest BCUT2D eigenvalue weighted by Crippen LogP contribution is 2.14. The molecule has 0 fully saturated rings. The van der Waals surface area contributed by atoms with Crippen LogP contribution in [-0.4, -0.2) is 25.3 Å². The van der Waals surface area contributed by atoms with E-state index < -0.39 is 0 Å². The maximum Gasteiger partial charge on any atom is 0.180 e. The number of hydrogen-bond donors (Lipinski definition) is 1. The predicted molar refractivity (Wildman–Crippen MR) is 52.7 cm³/mol. The van der Waals surface area contributed by atoms with Crippen LogP contribution in [-0.2, 0) is 16.1 Å². The summed E-state index contributed by atoms with van der Waals surface area (Å²) in [6.07, 6.45) is 2.67. The van der Waals surface area contributed by atoms with Crippen LogP contribution in [0.3, 0.4) is 0 Å². The lowest BCUT2D eigenvalue weighted by molar-refractivity contribution is 0.0942. The summed E-state index contributed by atoms with van der Waals surface area (Å²) in [6.45, 7) is 2.05. The Kier molecular flexibility index (Phi) is 4.74. The summed E-state index contributed by atoms with van der Waals surface area (Å²) in [6, 6.07) is 0. The summed E-state index contributed by atoms with van der Waals surface area (Å²) >= 11 is 1.46. The van der Waals surface area contributed by atoms with Gasteiger partial charge in [0.25, 0.3) is 0 Å². The molecule has 4 nitrogen and oxygen atoms in total. The van der Waals surface area contributed by atoms with Gasteiger partial charge in [0.2, 0.25) is 0 Å². The number of nitrogens with zero attached hydrogens (tertiary/aromatic N) is 1. The van der Waals surface area contributed by atoms with Crippen molar-refractivity contribution in [3.8, 4) is 0 Å². The SMILES string of the molecule is COCCCOCc1cnc(N)s1. The van der Waals surface area contributed by atoms with Gasteiger partial charge in [0.1, 0.15) is 0 Å². The van der Waals surface area contributed by atoms with Crippen molar-refractivity contribution < 1.29 is 9.47 Å². The Balaban J connectivity index is 2.06. The molecule has 0 spiro atoms. The smallest absolute Gasteiger partial charge is 0.180 e. The average Bonchev–Trinajstić information content (AvgIpc) is 2.51. The molecule has 0 atom stereocenters. The van der Waals surface area contributed by atoms with Gasteiger partial charge >= 0.3 is 0 Å². The number of hydrogen-bond acceptors (Lipinski definition) is 5. The van der Waals surface area contributed by atoms with Gasteiger partial charge in [-0.15, -0.1) is 0 Å². The second-order valence-corrected chi connectivity index (χ2v) is 3.71. The van der Waals surface area contributed by atoms with Crippen LogP contribution >= 0.6 is 11.3 Å². The van der Waals surface area contributed by atoms with E-state index in [0.29, 0.717) is 18.3 Å². The molecule has 0 unspecified atom stereocenters. The van der Waals surface area contributed by atoms with Crippen molar-refractivity contribution in [1.82, 2.24) is 4.98 Å². The van der Waals surface area contributed by atoms with Gasteiger partial charge in [-0.25, -0.2) is 4.98 Å². The van der Waals surface area contributed by atoms with Crippen LogP contribution in [0.25, 0.3) is 0 Å². The molecule has 0 aliphatic rings. The topological polar surface area (TPSA) is 57.4 Å². The number of nitrogens with two attached hydrogens (primary N) is 1. The first-order valence-electron chi connectivity index (χ1n) is 4.10. The van der Waals surface area contributed by atoms with Crippen LogP contribution in [0.2, 0.25) is 0 Å². The maximum absolute atomic E-state index is 5.46. The molecule has 0 bridgehead atoms. The summed E-state index contributed by atoms with van der Waals surface area (Å²) < 4.78 is 10.3. The zero-order valence-corrected chi connectivity index (χ0v) is 8.47. The average molecular weight is 202 g/mol. The quantitative estimate of drug-likeness (QED) is 0.706. The number of ether oxygens (including phenoxy) is 2. The molecule has 0 aromatic carbocycles. The van der Waals surface area contributed by atoms with Crippen molar-refractivity contribution in [3.05, 3.63) is 11.1 Å². The third-order valence-corrected chi connectivity index (χ3v) is 2.25. The normalized spacial score (nSPS) is 10.5. The lowest BCUT2D eigenvalue weighted by Gasteiger charge is -2.00. The molecule has 1 heterocycles. The van der Waals surface area contributed by atoms with Crippen molar-refractivity contribution in [3.63, 3.8) is 0 Å². The molecular weight excluding hydrogens is 188 g/mol. The van der Waals surface area contributed by atoms with Gasteiger partial charge in [0.15, 0.2) is 5.13 Å². The Hall–Kier alpha value is -0.650. The number of aromatic nitrogens is 1. The maximum atomic E-state index is 5.46. The summed E-state index contributed by atoms with van der Waals surface area (Å²) in [5.74, 6) is 0. The van der Waals surface area contributed by atoms with Gasteiger partial charge in [0, 0.05) is 26.5 Å². The molecule has 1 aromatic heterocycles. The Labute approximate surface area is 81.7 Å². The van der Waals surface area contributed by atoms with Gasteiger partial charge in [0.05, 0.1) is 11.5 Å². The molecule has 1 aromatic rings. The van der Waals surface area contributed by atoms with Crippen LogP contribution in [0, 0.1) is 0 Å². The van der Waals surface area contributed by atoms with Gasteiger partial charge in [-0.2, -0.15) is 0 Å². The molecule has 0 aliphatic carbocycles. The Bertz CT molecular complexity index is 240. The van der Waals surface area contributed by atoms with Crippen molar-refractivity contribution in [1.29, 1.82) is 0 Å². The fraction of sp³-hybridized carbons (Fsp3) is 0.625. The molecule has 0 aliphatic heterocycles. The minimum atomic E-state index is 0.593. The molecule has 13 heavy (non-hydrogen) atoms. The minimum absolute atomic E-state index is 0.593. The summed E-state index contributed by atoms with van der Waals surface area (Å²) in [5.41, 5.74) is 5.46. The highest BCUT2D eigenvalue weighted by molar-refractivity contribution is 7.15. The minimum Gasteiger partial charge on any atom is -0.385 e. The van der Waals surface area contributed by atoms with E-state index in [2.05, 4.69) is 4.98 Å². The molecule has 1 rings (SSSR count). The number of anilines is 1. The molecule has 0 amide bonds. The Morgan fingerprint density at radius 2 is 2.38 bits per heavy atom. The van der Waals surface area contributed by atoms with Crippen molar-refractivity contribution in [2.75, 3.05) is 26.1 Å². The second-order valence-electron chi connectivity index (χ2n) is 2.56. The van der Waals surface area contributed by atoms with E-state index in [1.807, 2.05) is 0 Å². The fourth-order valence-corrected chi connectivity index (χ4v) is 1.49. The third kappa shape index (κ3) is 4.21. The lowest BCUT2D eigenvalue weighted by atomic mass is 10.5. The van der Waals surface area contributed by atoms with E-state index >= 15 is 0 Å². The molecule has 0 radical (unpaired) electrons. The van der Waals surface area contributed by atoms with E-state index in [9.17, 15) is 0 Å². The van der Waals surface area contributed by atoms with Crippen molar-refractivity contribution in [2.24, 2.45) is 0 Å². The summed E-state index contributed by atoms with van der Waals surface area (Å²) in [7, 11) is 1.68. The standard InChI is InChI=1S/C8H14N2O2S/c1-11-3-2-4-12-6-7-5-10-8(9)13-7/h5H,2-4,6H2,1H3,(H2,9,10). The summed E-state index contributed by atoms with van der Waals surface area (Å²) in [5, 5.41) is 0.593. The molecule has 0 saturated heterocycles. The molecular formula is C8H14N2O2S. The van der Waals surface area contributed by atoms with E-state index in [4.69, 9.17) is 15.2 Å². The van der Waals surface area contributed by atoms with Gasteiger partial charge in [-0.1, -0.05) is 11.3 Å². The van der Waals surface area contributed by atoms with Crippen LogP contribution in [0.5, 0.6) is 0 Å². The highest BCUT2D eigenvalue weighted by Gasteiger charge is 1.97. The Morgan fingerprint density at radius 1 is 1.54 bits per heavy atom.